The molecule has 0 saturated carbocycles. The van der Waals surface area contributed by atoms with Crippen LogP contribution in [0.5, 0.6) is 0 Å². The molecule has 0 atom stereocenters. The Bertz CT molecular complexity index is 728. The minimum atomic E-state index is -1.07. The molecule has 0 bridgehead atoms. The van der Waals surface area contributed by atoms with E-state index in [1.54, 1.807) is 18.2 Å². The van der Waals surface area contributed by atoms with Crippen LogP contribution in [-0.4, -0.2) is 24.2 Å². The second-order valence-corrected chi connectivity index (χ2v) is 4.74. The number of aromatic carboxylic acids is 1. The summed E-state index contributed by atoms with van der Waals surface area (Å²) in [5.74, 6) is -1.61. The van der Waals surface area contributed by atoms with Gasteiger partial charge < -0.3 is 15.6 Å². The monoisotopic (exact) mass is 305 g/mol. The van der Waals surface area contributed by atoms with Crippen molar-refractivity contribution in [1.29, 1.82) is 0 Å². The zero-order valence-electron chi connectivity index (χ0n) is 11.1. The van der Waals surface area contributed by atoms with Gasteiger partial charge >= 0.3 is 11.9 Å². The van der Waals surface area contributed by atoms with E-state index in [9.17, 15) is 9.59 Å². The molecule has 2 aromatic carbocycles. The molecule has 0 radical (unpaired) electrons. The van der Waals surface area contributed by atoms with Gasteiger partial charge in [-0.05, 0) is 41.5 Å². The first-order valence-electron chi connectivity index (χ1n) is 5.94. The summed E-state index contributed by atoms with van der Waals surface area (Å²) in [6, 6.07) is 9.23. The Morgan fingerprint density at radius 1 is 1.14 bits per heavy atom. The Morgan fingerprint density at radius 3 is 2.43 bits per heavy atom. The van der Waals surface area contributed by atoms with Crippen molar-refractivity contribution in [3.05, 3.63) is 52.5 Å². The number of carbonyl (C=O) groups excluding carboxylic acids is 1. The number of hydrogen-bond acceptors (Lipinski definition) is 4. The summed E-state index contributed by atoms with van der Waals surface area (Å²) in [6.07, 6.45) is 0. The predicted molar refractivity (Wildman–Crippen MR) is 79.6 cm³/mol. The van der Waals surface area contributed by atoms with Gasteiger partial charge in [0.1, 0.15) is 0 Å². The molecule has 2 aromatic rings. The fraction of sp³-hybridized carbons (Fsp3) is 0.0667. The quantitative estimate of drug-likeness (QED) is 0.672. The van der Waals surface area contributed by atoms with Crippen molar-refractivity contribution in [3.8, 4) is 11.1 Å². The summed E-state index contributed by atoms with van der Waals surface area (Å²) >= 11 is 6.05. The molecule has 6 heteroatoms. The number of carboxylic acid groups (broad SMARTS) is 1. The van der Waals surface area contributed by atoms with Gasteiger partial charge in [-0.3, -0.25) is 0 Å². The number of ether oxygens (including phenoxy) is 1. The van der Waals surface area contributed by atoms with Crippen molar-refractivity contribution in [1.82, 2.24) is 0 Å². The maximum atomic E-state index is 11.5. The third kappa shape index (κ3) is 3.14. The Kier molecular flexibility index (Phi) is 4.14. The second kappa shape index (κ2) is 5.85. The summed E-state index contributed by atoms with van der Waals surface area (Å²) in [6.45, 7) is 0. The summed E-state index contributed by atoms with van der Waals surface area (Å²) in [5, 5.41) is 9.26. The first kappa shape index (κ1) is 14.9. The van der Waals surface area contributed by atoms with Crippen molar-refractivity contribution < 1.29 is 19.4 Å². The Labute approximate surface area is 125 Å². The van der Waals surface area contributed by atoms with Crippen molar-refractivity contribution in [2.24, 2.45) is 0 Å². The van der Waals surface area contributed by atoms with Crippen molar-refractivity contribution in [2.75, 3.05) is 12.8 Å². The fourth-order valence-electron chi connectivity index (χ4n) is 1.91. The summed E-state index contributed by atoms with van der Waals surface area (Å²) in [5.41, 5.74) is 7.61. The highest BCUT2D eigenvalue weighted by Gasteiger charge is 2.13. The molecule has 2 rings (SSSR count). The maximum absolute atomic E-state index is 11.5. The SMILES string of the molecule is COC(=O)c1ccc(-c2cc(N)cc(C(=O)O)c2)cc1Cl. The molecule has 0 aromatic heterocycles. The maximum Gasteiger partial charge on any atom is 0.339 e. The fourth-order valence-corrected chi connectivity index (χ4v) is 2.17. The number of esters is 1. The van der Waals surface area contributed by atoms with Gasteiger partial charge in [0, 0.05) is 5.69 Å². The number of halogens is 1. The van der Waals surface area contributed by atoms with E-state index in [1.807, 2.05) is 0 Å². The van der Waals surface area contributed by atoms with Crippen LogP contribution < -0.4 is 5.73 Å². The van der Waals surface area contributed by atoms with Crippen LogP contribution in [0.3, 0.4) is 0 Å². The zero-order valence-corrected chi connectivity index (χ0v) is 11.8. The molecule has 108 valence electrons. The molecule has 0 heterocycles. The predicted octanol–water partition coefficient (Wildman–Crippen LogP) is 3.07. The lowest BCUT2D eigenvalue weighted by Gasteiger charge is -2.08. The van der Waals surface area contributed by atoms with E-state index in [0.29, 0.717) is 16.8 Å². The summed E-state index contributed by atoms with van der Waals surface area (Å²) < 4.78 is 4.61. The lowest BCUT2D eigenvalue weighted by Crippen LogP contribution is -2.02. The number of nitrogen functional groups attached to an aromatic ring is 1. The Morgan fingerprint density at radius 2 is 1.86 bits per heavy atom. The number of hydrogen-bond donors (Lipinski definition) is 2. The van der Waals surface area contributed by atoms with Crippen LogP contribution in [0, 0.1) is 0 Å². The summed E-state index contributed by atoms with van der Waals surface area (Å²) in [4.78, 5) is 22.5. The number of carboxylic acids is 1. The van der Waals surface area contributed by atoms with Crippen molar-refractivity contribution in [2.45, 2.75) is 0 Å². The minimum absolute atomic E-state index is 0.0816. The van der Waals surface area contributed by atoms with Crippen LogP contribution in [0.2, 0.25) is 5.02 Å². The first-order chi connectivity index (χ1) is 9.92. The molecule has 3 N–H and O–H groups in total. The molecule has 0 unspecified atom stereocenters. The van der Waals surface area contributed by atoms with E-state index in [4.69, 9.17) is 22.4 Å². The third-order valence-corrected chi connectivity index (χ3v) is 3.22. The normalized spacial score (nSPS) is 10.2. The lowest BCUT2D eigenvalue weighted by molar-refractivity contribution is 0.0600. The molecular formula is C15H12ClNO4. The standard InChI is InChI=1S/C15H12ClNO4/c1-21-15(20)12-3-2-8(7-13(12)16)9-4-10(14(18)19)6-11(17)5-9/h2-7H,17H2,1H3,(H,18,19). The van der Waals surface area contributed by atoms with Crippen molar-refractivity contribution >= 4 is 29.2 Å². The van der Waals surface area contributed by atoms with Gasteiger partial charge in [0.15, 0.2) is 0 Å². The van der Waals surface area contributed by atoms with Gasteiger partial charge in [-0.2, -0.15) is 0 Å². The molecule has 0 saturated heterocycles. The van der Waals surface area contributed by atoms with Crippen LogP contribution in [0.4, 0.5) is 5.69 Å². The molecular weight excluding hydrogens is 294 g/mol. The van der Waals surface area contributed by atoms with Crippen LogP contribution in [0.25, 0.3) is 11.1 Å². The number of methoxy groups -OCH3 is 1. The third-order valence-electron chi connectivity index (χ3n) is 2.91. The topological polar surface area (TPSA) is 89.6 Å². The highest BCUT2D eigenvalue weighted by atomic mass is 35.5. The smallest absolute Gasteiger partial charge is 0.339 e. The van der Waals surface area contributed by atoms with E-state index in [-0.39, 0.29) is 16.1 Å². The van der Waals surface area contributed by atoms with Crippen LogP contribution in [0.15, 0.2) is 36.4 Å². The number of nitrogens with two attached hydrogens (primary N) is 1. The van der Waals surface area contributed by atoms with Gasteiger partial charge in [0.2, 0.25) is 0 Å². The minimum Gasteiger partial charge on any atom is -0.478 e. The van der Waals surface area contributed by atoms with E-state index >= 15 is 0 Å². The summed E-state index contributed by atoms with van der Waals surface area (Å²) in [7, 11) is 1.27. The number of rotatable bonds is 3. The van der Waals surface area contributed by atoms with E-state index in [0.717, 1.165) is 0 Å². The lowest BCUT2D eigenvalue weighted by atomic mass is 10.0. The highest BCUT2D eigenvalue weighted by molar-refractivity contribution is 6.33. The molecule has 0 spiro atoms. The van der Waals surface area contributed by atoms with Crippen LogP contribution in [-0.2, 0) is 4.74 Å². The van der Waals surface area contributed by atoms with Crippen LogP contribution in [0.1, 0.15) is 20.7 Å². The van der Waals surface area contributed by atoms with E-state index in [1.165, 1.54) is 25.3 Å². The molecule has 21 heavy (non-hydrogen) atoms. The largest absolute Gasteiger partial charge is 0.478 e. The number of anilines is 1. The zero-order chi connectivity index (χ0) is 15.6. The van der Waals surface area contributed by atoms with Gasteiger partial charge in [-0.15, -0.1) is 0 Å². The van der Waals surface area contributed by atoms with Gasteiger partial charge in [0.05, 0.1) is 23.3 Å². The number of carbonyl (C=O) groups is 2. The average Bonchev–Trinajstić information content (AvgIpc) is 2.45. The molecule has 5 nitrogen and oxygen atoms in total. The van der Waals surface area contributed by atoms with Crippen molar-refractivity contribution in [3.63, 3.8) is 0 Å². The van der Waals surface area contributed by atoms with E-state index in [2.05, 4.69) is 4.74 Å². The Balaban J connectivity index is 2.50. The first-order valence-corrected chi connectivity index (χ1v) is 6.32. The van der Waals surface area contributed by atoms with Crippen LogP contribution >= 0.6 is 11.6 Å². The highest BCUT2D eigenvalue weighted by Crippen LogP contribution is 2.28. The number of benzene rings is 2. The molecule has 0 amide bonds. The molecule has 0 aliphatic heterocycles. The average molecular weight is 306 g/mol. The second-order valence-electron chi connectivity index (χ2n) is 4.34. The van der Waals surface area contributed by atoms with Gasteiger partial charge in [-0.25, -0.2) is 9.59 Å². The molecule has 0 aliphatic rings. The van der Waals surface area contributed by atoms with E-state index < -0.39 is 11.9 Å². The molecule has 0 aliphatic carbocycles. The molecule has 0 fully saturated rings. The van der Waals surface area contributed by atoms with Gasteiger partial charge in [-0.1, -0.05) is 17.7 Å². The Hall–Kier alpha value is -2.53. The van der Waals surface area contributed by atoms with Gasteiger partial charge in [0.25, 0.3) is 0 Å².